The van der Waals surface area contributed by atoms with Gasteiger partial charge in [-0.3, -0.25) is 24.1 Å². The third-order valence-electron chi connectivity index (χ3n) is 5.04. The monoisotopic (exact) mass is 434 g/mol. The fourth-order valence-corrected chi connectivity index (χ4v) is 3.30. The van der Waals surface area contributed by atoms with Gasteiger partial charge < -0.3 is 19.5 Å². The molecule has 1 aromatic carbocycles. The van der Waals surface area contributed by atoms with Crippen LogP contribution in [-0.4, -0.2) is 77.5 Å². The van der Waals surface area contributed by atoms with E-state index in [2.05, 4.69) is 0 Å². The number of carboxylic acids is 1. The summed E-state index contributed by atoms with van der Waals surface area (Å²) in [7, 11) is 0. The Labute approximate surface area is 181 Å². The fraction of sp³-hybridized carbons (Fsp3) is 0.545. The minimum atomic E-state index is -0.972. The van der Waals surface area contributed by atoms with Crippen molar-refractivity contribution in [2.24, 2.45) is 0 Å². The molecule has 1 aliphatic rings. The number of rotatable bonds is 11. The first-order valence-electron chi connectivity index (χ1n) is 10.5. The molecule has 1 unspecified atom stereocenters. The van der Waals surface area contributed by atoms with Gasteiger partial charge >= 0.3 is 17.9 Å². The zero-order valence-corrected chi connectivity index (χ0v) is 17.8. The van der Waals surface area contributed by atoms with E-state index >= 15 is 0 Å². The van der Waals surface area contributed by atoms with Crippen LogP contribution in [0.4, 0.5) is 0 Å². The molecule has 1 heterocycles. The van der Waals surface area contributed by atoms with Gasteiger partial charge in [-0.15, -0.1) is 0 Å². The van der Waals surface area contributed by atoms with Gasteiger partial charge in [0.1, 0.15) is 13.2 Å². The van der Waals surface area contributed by atoms with Crippen LogP contribution in [0.25, 0.3) is 0 Å². The maximum Gasteiger partial charge on any atom is 0.317 e. The van der Waals surface area contributed by atoms with E-state index in [9.17, 15) is 19.2 Å². The van der Waals surface area contributed by atoms with Crippen LogP contribution in [0, 0.1) is 0 Å². The van der Waals surface area contributed by atoms with Gasteiger partial charge in [0.15, 0.2) is 0 Å². The Morgan fingerprint density at radius 3 is 2.45 bits per heavy atom. The predicted octanol–water partition coefficient (Wildman–Crippen LogP) is 1.45. The number of benzene rings is 1. The standard InChI is InChI=1S/C22H30N2O7/c1-2-21(28)31-16-18-13-24(12-11-23(18)14-20(26)27)19(25)9-6-10-22(29)30-15-17-7-4-3-5-8-17/h3-5,7-8,18H,2,6,9-16H2,1H3,(H,26,27). The number of carboxylic acid groups (broad SMARTS) is 1. The number of esters is 2. The number of carbonyl (C=O) groups is 4. The van der Waals surface area contributed by atoms with Gasteiger partial charge in [0.25, 0.3) is 0 Å². The van der Waals surface area contributed by atoms with E-state index in [1.165, 1.54) is 0 Å². The van der Waals surface area contributed by atoms with Gasteiger partial charge in [-0.1, -0.05) is 37.3 Å². The van der Waals surface area contributed by atoms with Crippen molar-refractivity contribution in [2.45, 2.75) is 45.3 Å². The normalized spacial score (nSPS) is 16.5. The molecule has 0 spiro atoms. The molecule has 0 radical (unpaired) electrons. The van der Waals surface area contributed by atoms with Crippen LogP contribution in [0.3, 0.4) is 0 Å². The first-order valence-corrected chi connectivity index (χ1v) is 10.5. The average molecular weight is 434 g/mol. The zero-order valence-electron chi connectivity index (χ0n) is 17.8. The van der Waals surface area contributed by atoms with E-state index in [1.54, 1.807) is 16.7 Å². The van der Waals surface area contributed by atoms with Crippen molar-refractivity contribution in [2.75, 3.05) is 32.8 Å². The summed E-state index contributed by atoms with van der Waals surface area (Å²) in [6.45, 7) is 2.80. The number of piperazine rings is 1. The van der Waals surface area contributed by atoms with Crippen molar-refractivity contribution in [3.05, 3.63) is 35.9 Å². The Morgan fingerprint density at radius 2 is 1.77 bits per heavy atom. The number of nitrogens with zero attached hydrogens (tertiary/aromatic N) is 2. The molecule has 0 aliphatic carbocycles. The third-order valence-corrected chi connectivity index (χ3v) is 5.04. The maximum absolute atomic E-state index is 12.6. The molecular formula is C22H30N2O7. The Hall–Kier alpha value is -2.94. The fourth-order valence-electron chi connectivity index (χ4n) is 3.30. The molecule has 1 fully saturated rings. The lowest BCUT2D eigenvalue weighted by Crippen LogP contribution is -2.57. The van der Waals surface area contributed by atoms with Crippen LogP contribution in [0.5, 0.6) is 0 Å². The molecule has 31 heavy (non-hydrogen) atoms. The van der Waals surface area contributed by atoms with Crippen molar-refractivity contribution in [1.82, 2.24) is 9.80 Å². The van der Waals surface area contributed by atoms with Crippen molar-refractivity contribution in [1.29, 1.82) is 0 Å². The maximum atomic E-state index is 12.6. The smallest absolute Gasteiger partial charge is 0.317 e. The van der Waals surface area contributed by atoms with Crippen molar-refractivity contribution in [3.63, 3.8) is 0 Å². The second kappa shape index (κ2) is 12.7. The predicted molar refractivity (Wildman–Crippen MR) is 111 cm³/mol. The van der Waals surface area contributed by atoms with E-state index in [0.29, 0.717) is 19.5 Å². The highest BCUT2D eigenvalue weighted by Gasteiger charge is 2.31. The van der Waals surface area contributed by atoms with Crippen molar-refractivity contribution >= 4 is 23.8 Å². The molecule has 1 aromatic rings. The van der Waals surface area contributed by atoms with Crippen LogP contribution in [-0.2, 0) is 35.3 Å². The Morgan fingerprint density at radius 1 is 1.03 bits per heavy atom. The van der Waals surface area contributed by atoms with Crippen molar-refractivity contribution < 1.29 is 33.8 Å². The lowest BCUT2D eigenvalue weighted by molar-refractivity contribution is -0.148. The summed E-state index contributed by atoms with van der Waals surface area (Å²) >= 11 is 0. The number of hydrogen-bond acceptors (Lipinski definition) is 7. The highest BCUT2D eigenvalue weighted by Crippen LogP contribution is 2.13. The number of carbonyl (C=O) groups excluding carboxylic acids is 3. The molecule has 1 amide bonds. The summed E-state index contributed by atoms with van der Waals surface area (Å²) in [6, 6.07) is 8.99. The Bertz CT molecular complexity index is 753. The molecule has 9 heteroatoms. The molecule has 1 saturated heterocycles. The third kappa shape index (κ3) is 8.75. The largest absolute Gasteiger partial charge is 0.480 e. The highest BCUT2D eigenvalue weighted by molar-refractivity contribution is 5.77. The minimum absolute atomic E-state index is 0.0372. The molecule has 0 bridgehead atoms. The van der Waals surface area contributed by atoms with E-state index < -0.39 is 5.97 Å². The van der Waals surface area contributed by atoms with E-state index in [1.807, 2.05) is 30.3 Å². The van der Waals surface area contributed by atoms with E-state index in [4.69, 9.17) is 14.6 Å². The molecule has 9 nitrogen and oxygen atoms in total. The Balaban J connectivity index is 1.76. The highest BCUT2D eigenvalue weighted by atomic mass is 16.5. The molecule has 0 saturated carbocycles. The van der Waals surface area contributed by atoms with E-state index in [-0.39, 0.29) is 69.5 Å². The van der Waals surface area contributed by atoms with Crippen LogP contribution < -0.4 is 0 Å². The SMILES string of the molecule is CCC(=O)OCC1CN(C(=O)CCCC(=O)OCc2ccccc2)CCN1CC(=O)O. The van der Waals surface area contributed by atoms with Gasteiger partial charge in [0.05, 0.1) is 12.6 Å². The molecule has 1 N–H and O–H groups in total. The first-order chi connectivity index (χ1) is 14.9. The number of ether oxygens (including phenoxy) is 2. The first kappa shape index (κ1) is 24.3. The van der Waals surface area contributed by atoms with E-state index in [0.717, 1.165) is 5.56 Å². The molecular weight excluding hydrogens is 404 g/mol. The number of amides is 1. The molecule has 0 aromatic heterocycles. The van der Waals surface area contributed by atoms with Crippen LogP contribution in [0.2, 0.25) is 0 Å². The lowest BCUT2D eigenvalue weighted by Gasteiger charge is -2.40. The van der Waals surface area contributed by atoms with Crippen LogP contribution in [0.15, 0.2) is 30.3 Å². The second-order valence-corrected chi connectivity index (χ2v) is 7.39. The van der Waals surface area contributed by atoms with Gasteiger partial charge in [0, 0.05) is 38.9 Å². The zero-order chi connectivity index (χ0) is 22.6. The molecule has 1 aliphatic heterocycles. The van der Waals surface area contributed by atoms with Gasteiger partial charge in [-0.2, -0.15) is 0 Å². The topological polar surface area (TPSA) is 113 Å². The molecule has 1 atom stereocenters. The number of hydrogen-bond donors (Lipinski definition) is 1. The Kier molecular flexibility index (Phi) is 9.96. The summed E-state index contributed by atoms with van der Waals surface area (Å²) < 4.78 is 10.4. The summed E-state index contributed by atoms with van der Waals surface area (Å²) in [5, 5.41) is 9.09. The van der Waals surface area contributed by atoms with Crippen LogP contribution in [0.1, 0.15) is 38.2 Å². The van der Waals surface area contributed by atoms with Gasteiger partial charge in [-0.25, -0.2) is 0 Å². The minimum Gasteiger partial charge on any atom is -0.480 e. The average Bonchev–Trinajstić information content (AvgIpc) is 2.77. The summed E-state index contributed by atoms with van der Waals surface area (Å²) in [4.78, 5) is 50.4. The van der Waals surface area contributed by atoms with Crippen LogP contribution >= 0.6 is 0 Å². The lowest BCUT2D eigenvalue weighted by atomic mass is 10.1. The number of aliphatic carboxylic acids is 1. The van der Waals surface area contributed by atoms with Gasteiger partial charge in [-0.05, 0) is 12.0 Å². The molecule has 2 rings (SSSR count). The van der Waals surface area contributed by atoms with Gasteiger partial charge in [0.2, 0.25) is 5.91 Å². The summed E-state index contributed by atoms with van der Waals surface area (Å²) in [5.41, 5.74) is 0.904. The summed E-state index contributed by atoms with van der Waals surface area (Å²) in [5.74, 6) is -1.81. The second-order valence-electron chi connectivity index (χ2n) is 7.39. The molecule has 170 valence electrons. The quantitative estimate of drug-likeness (QED) is 0.521. The van der Waals surface area contributed by atoms with Crippen molar-refractivity contribution in [3.8, 4) is 0 Å². The summed E-state index contributed by atoms with van der Waals surface area (Å²) in [6.07, 6.45) is 0.946.